The van der Waals surface area contributed by atoms with Gasteiger partial charge >= 0.3 is 0 Å². The molecule has 1 aromatic rings. The fraction of sp³-hybridized carbons (Fsp3) is 0.444. The molecule has 0 aliphatic heterocycles. The number of carbonyl (C=O) groups excluding carboxylic acids is 1. The molecule has 0 aliphatic rings. The summed E-state index contributed by atoms with van der Waals surface area (Å²) in [6, 6.07) is 3.44. The SMILES string of the molecule is CC(C)(C)c1ccc(C(=O)[O-])s1. The van der Waals surface area contributed by atoms with Crippen molar-refractivity contribution in [1.29, 1.82) is 0 Å². The molecular formula is C9H11O2S-. The molecule has 1 rings (SSSR count). The molecule has 0 unspecified atom stereocenters. The molecule has 0 fully saturated rings. The van der Waals surface area contributed by atoms with Crippen molar-refractivity contribution in [2.24, 2.45) is 0 Å². The molecule has 0 amide bonds. The zero-order valence-corrected chi connectivity index (χ0v) is 8.20. The predicted molar refractivity (Wildman–Crippen MR) is 47.3 cm³/mol. The van der Waals surface area contributed by atoms with E-state index in [0.29, 0.717) is 4.88 Å². The number of carboxylic acids is 1. The Labute approximate surface area is 75.9 Å². The highest BCUT2D eigenvalue weighted by molar-refractivity contribution is 7.14. The summed E-state index contributed by atoms with van der Waals surface area (Å²) in [6.07, 6.45) is 0. The lowest BCUT2D eigenvalue weighted by molar-refractivity contribution is -0.254. The van der Waals surface area contributed by atoms with Gasteiger partial charge in [-0.1, -0.05) is 20.8 Å². The smallest absolute Gasteiger partial charge is 0.0815 e. The van der Waals surface area contributed by atoms with Gasteiger partial charge in [-0.05, 0) is 17.5 Å². The van der Waals surface area contributed by atoms with E-state index in [4.69, 9.17) is 0 Å². The number of hydrogen-bond donors (Lipinski definition) is 0. The van der Waals surface area contributed by atoms with Crippen molar-refractivity contribution in [1.82, 2.24) is 0 Å². The van der Waals surface area contributed by atoms with Gasteiger partial charge in [-0.2, -0.15) is 0 Å². The molecule has 1 aromatic heterocycles. The molecule has 0 aliphatic carbocycles. The third-order valence-corrected chi connectivity index (χ3v) is 3.04. The van der Waals surface area contributed by atoms with E-state index in [1.54, 1.807) is 6.07 Å². The summed E-state index contributed by atoms with van der Waals surface area (Å²) in [6.45, 7) is 6.16. The Bertz CT molecular complexity index is 294. The molecule has 0 bridgehead atoms. The summed E-state index contributed by atoms with van der Waals surface area (Å²) in [5, 5.41) is 10.4. The first-order valence-electron chi connectivity index (χ1n) is 3.73. The second kappa shape index (κ2) is 2.90. The average Bonchev–Trinajstić information content (AvgIpc) is 2.30. The molecule has 0 spiro atoms. The molecule has 0 N–H and O–H groups in total. The lowest BCUT2D eigenvalue weighted by atomic mass is 9.95. The molecule has 0 aromatic carbocycles. The third-order valence-electron chi connectivity index (χ3n) is 1.55. The van der Waals surface area contributed by atoms with E-state index in [-0.39, 0.29) is 5.41 Å². The molecule has 12 heavy (non-hydrogen) atoms. The molecule has 0 atom stereocenters. The van der Waals surface area contributed by atoms with Gasteiger partial charge in [0.2, 0.25) is 0 Å². The Balaban J connectivity index is 3.00. The van der Waals surface area contributed by atoms with Gasteiger partial charge in [0, 0.05) is 4.88 Å². The molecule has 0 radical (unpaired) electrons. The van der Waals surface area contributed by atoms with Crippen molar-refractivity contribution in [3.63, 3.8) is 0 Å². The van der Waals surface area contributed by atoms with E-state index in [1.807, 2.05) is 6.07 Å². The highest BCUT2D eigenvalue weighted by Crippen LogP contribution is 2.28. The van der Waals surface area contributed by atoms with Crippen LogP contribution >= 0.6 is 11.3 Å². The summed E-state index contributed by atoms with van der Waals surface area (Å²) < 4.78 is 0. The van der Waals surface area contributed by atoms with Crippen molar-refractivity contribution < 1.29 is 9.90 Å². The first kappa shape index (κ1) is 9.26. The Morgan fingerprint density at radius 2 is 2.00 bits per heavy atom. The monoisotopic (exact) mass is 183 g/mol. The van der Waals surface area contributed by atoms with Crippen molar-refractivity contribution in [2.75, 3.05) is 0 Å². The van der Waals surface area contributed by atoms with Crippen LogP contribution in [0.15, 0.2) is 12.1 Å². The highest BCUT2D eigenvalue weighted by Gasteiger charge is 2.15. The molecule has 0 saturated heterocycles. The molecule has 1 heterocycles. The summed E-state index contributed by atoms with van der Waals surface area (Å²) in [4.78, 5) is 11.8. The third kappa shape index (κ3) is 1.85. The second-order valence-corrected chi connectivity index (χ2v) is 4.79. The lowest BCUT2D eigenvalue weighted by Crippen LogP contribution is -2.20. The topological polar surface area (TPSA) is 40.1 Å². The van der Waals surface area contributed by atoms with Gasteiger partial charge in [0.1, 0.15) is 0 Å². The maximum atomic E-state index is 10.4. The first-order valence-corrected chi connectivity index (χ1v) is 4.54. The summed E-state index contributed by atoms with van der Waals surface area (Å²) >= 11 is 1.29. The highest BCUT2D eigenvalue weighted by atomic mass is 32.1. The fourth-order valence-electron chi connectivity index (χ4n) is 0.851. The van der Waals surface area contributed by atoms with Crippen molar-refractivity contribution in [2.45, 2.75) is 26.2 Å². The van der Waals surface area contributed by atoms with Gasteiger partial charge in [0.15, 0.2) is 0 Å². The minimum atomic E-state index is -1.09. The molecule has 66 valence electrons. The van der Waals surface area contributed by atoms with Gasteiger partial charge in [-0.15, -0.1) is 11.3 Å². The predicted octanol–water partition coefficient (Wildman–Crippen LogP) is 1.41. The minimum Gasteiger partial charge on any atom is -0.544 e. The molecular weight excluding hydrogens is 172 g/mol. The van der Waals surface area contributed by atoms with Crippen molar-refractivity contribution in [3.8, 4) is 0 Å². The fourth-order valence-corrected chi connectivity index (χ4v) is 1.75. The van der Waals surface area contributed by atoms with Crippen LogP contribution in [0.5, 0.6) is 0 Å². The largest absolute Gasteiger partial charge is 0.544 e. The zero-order chi connectivity index (χ0) is 9.35. The van der Waals surface area contributed by atoms with E-state index in [1.165, 1.54) is 11.3 Å². The van der Waals surface area contributed by atoms with Gasteiger partial charge in [-0.3, -0.25) is 0 Å². The number of thiophene rings is 1. The Kier molecular flexibility index (Phi) is 2.24. The lowest BCUT2D eigenvalue weighted by Gasteiger charge is -2.15. The van der Waals surface area contributed by atoms with Crippen LogP contribution in [0.3, 0.4) is 0 Å². The molecule has 0 saturated carbocycles. The van der Waals surface area contributed by atoms with Crippen LogP contribution in [0.1, 0.15) is 35.3 Å². The van der Waals surface area contributed by atoms with Crippen LogP contribution in [0.25, 0.3) is 0 Å². The maximum Gasteiger partial charge on any atom is 0.0815 e. The van der Waals surface area contributed by atoms with Crippen molar-refractivity contribution >= 4 is 17.3 Å². The van der Waals surface area contributed by atoms with Crippen LogP contribution in [0.4, 0.5) is 0 Å². The van der Waals surface area contributed by atoms with Gasteiger partial charge in [-0.25, -0.2) is 0 Å². The Morgan fingerprint density at radius 1 is 1.42 bits per heavy atom. The molecule has 2 nitrogen and oxygen atoms in total. The number of aromatic carboxylic acids is 1. The van der Waals surface area contributed by atoms with E-state index in [0.717, 1.165) is 4.88 Å². The quantitative estimate of drug-likeness (QED) is 0.660. The first-order chi connectivity index (χ1) is 5.41. The zero-order valence-electron chi connectivity index (χ0n) is 7.38. The Hall–Kier alpha value is -0.830. The second-order valence-electron chi connectivity index (χ2n) is 3.70. The number of carbonyl (C=O) groups is 1. The van der Waals surface area contributed by atoms with Crippen LogP contribution in [0.2, 0.25) is 0 Å². The normalized spacial score (nSPS) is 11.6. The van der Waals surface area contributed by atoms with E-state index < -0.39 is 5.97 Å². The molecule has 3 heteroatoms. The van der Waals surface area contributed by atoms with Gasteiger partial charge < -0.3 is 9.90 Å². The van der Waals surface area contributed by atoms with Gasteiger partial charge in [0.05, 0.1) is 10.8 Å². The van der Waals surface area contributed by atoms with Crippen LogP contribution < -0.4 is 5.11 Å². The summed E-state index contributed by atoms with van der Waals surface area (Å²) in [7, 11) is 0. The van der Waals surface area contributed by atoms with Crippen LogP contribution in [0, 0.1) is 0 Å². The minimum absolute atomic E-state index is 0.0262. The van der Waals surface area contributed by atoms with Crippen LogP contribution in [-0.2, 0) is 5.41 Å². The van der Waals surface area contributed by atoms with E-state index >= 15 is 0 Å². The summed E-state index contributed by atoms with van der Waals surface area (Å²) in [5.41, 5.74) is 0.0262. The number of hydrogen-bond acceptors (Lipinski definition) is 3. The van der Waals surface area contributed by atoms with E-state index in [2.05, 4.69) is 20.8 Å². The summed E-state index contributed by atoms with van der Waals surface area (Å²) in [5.74, 6) is -1.09. The van der Waals surface area contributed by atoms with Crippen LogP contribution in [-0.4, -0.2) is 5.97 Å². The van der Waals surface area contributed by atoms with Gasteiger partial charge in [0.25, 0.3) is 0 Å². The average molecular weight is 183 g/mol. The standard InChI is InChI=1S/C9H12O2S/c1-9(2,3)7-5-4-6(12-7)8(10)11/h4-5H,1-3H3,(H,10,11)/p-1. The maximum absolute atomic E-state index is 10.4. The van der Waals surface area contributed by atoms with E-state index in [9.17, 15) is 9.90 Å². The number of rotatable bonds is 1. The Morgan fingerprint density at radius 3 is 2.25 bits per heavy atom. The van der Waals surface area contributed by atoms with Crippen molar-refractivity contribution in [3.05, 3.63) is 21.9 Å². The number of carboxylic acid groups (broad SMARTS) is 1.